The molecule has 0 aliphatic carbocycles. The molecule has 3 aromatic rings. The monoisotopic (exact) mass is 515 g/mol. The zero-order valence-corrected chi connectivity index (χ0v) is 21.8. The third kappa shape index (κ3) is 4.98. The molecule has 38 heavy (non-hydrogen) atoms. The summed E-state index contributed by atoms with van der Waals surface area (Å²) in [5.74, 6) is -1.17. The van der Waals surface area contributed by atoms with E-state index in [1.165, 1.54) is 24.1 Å². The Balaban J connectivity index is 1.86. The molecule has 8 heteroatoms. The lowest BCUT2D eigenvalue weighted by atomic mass is 9.94. The van der Waals surface area contributed by atoms with Gasteiger partial charge in [-0.2, -0.15) is 0 Å². The van der Waals surface area contributed by atoms with E-state index in [4.69, 9.17) is 14.2 Å². The number of aryl methyl sites for hydroxylation is 1. The first-order valence-corrected chi connectivity index (χ1v) is 12.1. The van der Waals surface area contributed by atoms with Crippen LogP contribution >= 0.6 is 0 Å². The zero-order valence-electron chi connectivity index (χ0n) is 21.8. The molecule has 1 heterocycles. The molecule has 1 atom stereocenters. The van der Waals surface area contributed by atoms with Crippen molar-refractivity contribution in [3.8, 4) is 11.5 Å². The first-order valence-electron chi connectivity index (χ1n) is 12.1. The highest BCUT2D eigenvalue weighted by Gasteiger charge is 2.47. The van der Waals surface area contributed by atoms with Gasteiger partial charge in [-0.15, -0.1) is 0 Å². The van der Waals surface area contributed by atoms with Crippen molar-refractivity contribution in [3.05, 3.63) is 94.6 Å². The van der Waals surface area contributed by atoms with Gasteiger partial charge in [0.2, 0.25) is 0 Å². The number of hydrogen-bond donors (Lipinski definition) is 1. The van der Waals surface area contributed by atoms with E-state index in [9.17, 15) is 19.5 Å². The van der Waals surface area contributed by atoms with E-state index in [1.807, 2.05) is 20.8 Å². The van der Waals surface area contributed by atoms with Crippen molar-refractivity contribution >= 4 is 29.1 Å². The predicted molar refractivity (Wildman–Crippen MR) is 143 cm³/mol. The summed E-state index contributed by atoms with van der Waals surface area (Å²) in [6.07, 6.45) is -0.0286. The van der Waals surface area contributed by atoms with Crippen LogP contribution in [0.5, 0.6) is 11.5 Å². The highest BCUT2D eigenvalue weighted by molar-refractivity contribution is 6.51. The molecule has 1 fully saturated rings. The molecule has 0 saturated carbocycles. The van der Waals surface area contributed by atoms with Gasteiger partial charge in [0, 0.05) is 11.3 Å². The third-order valence-electron chi connectivity index (χ3n) is 6.25. The normalized spacial score (nSPS) is 16.6. The second-order valence-electron chi connectivity index (χ2n) is 9.13. The van der Waals surface area contributed by atoms with Gasteiger partial charge in [-0.25, -0.2) is 4.79 Å². The van der Waals surface area contributed by atoms with Crippen LogP contribution in [-0.2, 0) is 14.3 Å². The third-order valence-corrected chi connectivity index (χ3v) is 6.25. The minimum atomic E-state index is -0.920. The summed E-state index contributed by atoms with van der Waals surface area (Å²) in [4.78, 5) is 40.0. The summed E-state index contributed by atoms with van der Waals surface area (Å²) in [6.45, 7) is 5.68. The summed E-state index contributed by atoms with van der Waals surface area (Å²) in [6, 6.07) is 17.3. The van der Waals surface area contributed by atoms with Gasteiger partial charge in [0.15, 0.2) is 0 Å². The molecule has 1 N–H and O–H groups in total. The number of nitrogens with zero attached hydrogens (tertiary/aromatic N) is 1. The molecule has 3 aromatic carbocycles. The summed E-state index contributed by atoms with van der Waals surface area (Å²) >= 11 is 0. The SMILES string of the molecule is COC(=O)c1ccc(N2C(=O)C(=O)/C(=C(\O)c3ccc(OC(C)C)c(C)c3)C2c2ccc(OC)cc2)cc1. The molecule has 196 valence electrons. The Morgan fingerprint density at radius 3 is 2.11 bits per heavy atom. The van der Waals surface area contributed by atoms with Crippen molar-refractivity contribution in [1.29, 1.82) is 0 Å². The Morgan fingerprint density at radius 1 is 0.921 bits per heavy atom. The second kappa shape index (κ2) is 10.8. The van der Waals surface area contributed by atoms with Gasteiger partial charge in [-0.1, -0.05) is 12.1 Å². The summed E-state index contributed by atoms with van der Waals surface area (Å²) in [7, 11) is 2.82. The largest absolute Gasteiger partial charge is 0.507 e. The van der Waals surface area contributed by atoms with Crippen LogP contribution in [0.3, 0.4) is 0 Å². The number of benzene rings is 3. The number of amides is 1. The van der Waals surface area contributed by atoms with Gasteiger partial charge in [-0.3, -0.25) is 14.5 Å². The van der Waals surface area contributed by atoms with Crippen LogP contribution in [-0.4, -0.2) is 43.1 Å². The smallest absolute Gasteiger partial charge is 0.337 e. The molecular formula is C30H29NO7. The van der Waals surface area contributed by atoms with Gasteiger partial charge in [-0.05, 0) is 86.5 Å². The molecule has 1 aliphatic heterocycles. The number of aliphatic hydroxyl groups is 1. The van der Waals surface area contributed by atoms with Crippen LogP contribution in [0.4, 0.5) is 5.69 Å². The number of methoxy groups -OCH3 is 2. The molecule has 1 aliphatic rings. The number of carbonyl (C=O) groups excluding carboxylic acids is 3. The lowest BCUT2D eigenvalue weighted by Crippen LogP contribution is -2.29. The maximum atomic E-state index is 13.4. The summed E-state index contributed by atoms with van der Waals surface area (Å²) < 4.78 is 15.8. The maximum absolute atomic E-state index is 13.4. The number of Topliss-reactive ketones (excluding diaryl/α,β-unsaturated/α-hetero) is 1. The summed E-state index contributed by atoms with van der Waals surface area (Å²) in [5, 5.41) is 11.4. The van der Waals surface area contributed by atoms with E-state index in [0.29, 0.717) is 33.9 Å². The van der Waals surface area contributed by atoms with Crippen molar-refractivity contribution in [2.45, 2.75) is 32.9 Å². The minimum Gasteiger partial charge on any atom is -0.507 e. The minimum absolute atomic E-state index is 0.0286. The van der Waals surface area contributed by atoms with Gasteiger partial charge < -0.3 is 19.3 Å². The molecule has 8 nitrogen and oxygen atoms in total. The molecular weight excluding hydrogens is 486 g/mol. The maximum Gasteiger partial charge on any atom is 0.337 e. The topological polar surface area (TPSA) is 102 Å². The standard InChI is InChI=1S/C30H29NO7/c1-17(2)38-24-15-10-21(16-18(24)3)27(32)25-26(19-8-13-23(36-4)14-9-19)31(29(34)28(25)33)22-11-6-20(7-12-22)30(35)37-5/h6-17,26,32H,1-5H3/b27-25-. The first kappa shape index (κ1) is 26.5. The average molecular weight is 516 g/mol. The van der Waals surface area contributed by atoms with E-state index in [0.717, 1.165) is 5.56 Å². The Morgan fingerprint density at radius 2 is 1.55 bits per heavy atom. The van der Waals surface area contributed by atoms with Crippen LogP contribution in [0.15, 0.2) is 72.3 Å². The average Bonchev–Trinajstić information content (AvgIpc) is 3.18. The predicted octanol–water partition coefficient (Wildman–Crippen LogP) is 5.20. The Kier molecular flexibility index (Phi) is 7.52. The summed E-state index contributed by atoms with van der Waals surface area (Å²) in [5.41, 5.74) is 2.39. The number of anilines is 1. The van der Waals surface area contributed by atoms with E-state index in [2.05, 4.69) is 0 Å². The van der Waals surface area contributed by atoms with Crippen LogP contribution in [0, 0.1) is 6.92 Å². The first-order chi connectivity index (χ1) is 18.2. The number of rotatable bonds is 7. The fraction of sp³-hybridized carbons (Fsp3) is 0.233. The van der Waals surface area contributed by atoms with Crippen molar-refractivity contribution in [1.82, 2.24) is 0 Å². The highest BCUT2D eigenvalue weighted by atomic mass is 16.5. The molecule has 0 radical (unpaired) electrons. The van der Waals surface area contributed by atoms with Crippen molar-refractivity contribution in [2.24, 2.45) is 0 Å². The quantitative estimate of drug-likeness (QED) is 0.200. The number of hydrogen-bond acceptors (Lipinski definition) is 7. The Labute approximate surface area is 221 Å². The molecule has 1 amide bonds. The van der Waals surface area contributed by atoms with Gasteiger partial charge >= 0.3 is 5.97 Å². The molecule has 0 bridgehead atoms. The van der Waals surface area contributed by atoms with Crippen molar-refractivity contribution < 1.29 is 33.7 Å². The van der Waals surface area contributed by atoms with Crippen LogP contribution < -0.4 is 14.4 Å². The van der Waals surface area contributed by atoms with Gasteiger partial charge in [0.25, 0.3) is 11.7 Å². The second-order valence-corrected chi connectivity index (χ2v) is 9.13. The lowest BCUT2D eigenvalue weighted by molar-refractivity contribution is -0.132. The molecule has 1 saturated heterocycles. The Bertz CT molecular complexity index is 1410. The lowest BCUT2D eigenvalue weighted by Gasteiger charge is -2.25. The van der Waals surface area contributed by atoms with Crippen LogP contribution in [0.1, 0.15) is 46.9 Å². The number of aliphatic hydroxyl groups excluding tert-OH is 1. The zero-order chi connectivity index (χ0) is 27.6. The highest BCUT2D eigenvalue weighted by Crippen LogP contribution is 2.43. The van der Waals surface area contributed by atoms with E-state index >= 15 is 0 Å². The molecule has 4 rings (SSSR count). The van der Waals surface area contributed by atoms with E-state index < -0.39 is 23.7 Å². The number of ether oxygens (including phenoxy) is 3. The number of esters is 1. The van der Waals surface area contributed by atoms with Gasteiger partial charge in [0.1, 0.15) is 17.3 Å². The number of ketones is 1. The van der Waals surface area contributed by atoms with Crippen LogP contribution in [0.2, 0.25) is 0 Å². The van der Waals surface area contributed by atoms with Crippen LogP contribution in [0.25, 0.3) is 5.76 Å². The molecule has 0 spiro atoms. The fourth-order valence-corrected chi connectivity index (χ4v) is 4.41. The van der Waals surface area contributed by atoms with E-state index in [1.54, 1.807) is 61.7 Å². The van der Waals surface area contributed by atoms with Crippen molar-refractivity contribution in [2.75, 3.05) is 19.1 Å². The molecule has 0 aromatic heterocycles. The van der Waals surface area contributed by atoms with E-state index in [-0.39, 0.29) is 17.4 Å². The number of carbonyl (C=O) groups is 3. The fourth-order valence-electron chi connectivity index (χ4n) is 4.41. The molecule has 1 unspecified atom stereocenters. The van der Waals surface area contributed by atoms with Crippen molar-refractivity contribution in [3.63, 3.8) is 0 Å². The Hall–Kier alpha value is -4.59. The van der Waals surface area contributed by atoms with Gasteiger partial charge in [0.05, 0.1) is 37.5 Å².